The highest BCUT2D eigenvalue weighted by atomic mass is 19.1. The summed E-state index contributed by atoms with van der Waals surface area (Å²) in [5.74, 6) is 2.43. The molecule has 2 atom stereocenters. The highest BCUT2D eigenvalue weighted by Gasteiger charge is 2.48. The average molecular weight is 248 g/mol. The molecule has 4 fully saturated rings. The Hall–Kier alpha value is -1.16. The third-order valence-corrected chi connectivity index (χ3v) is 4.66. The molecule has 4 heterocycles. The number of hydrogen-bond acceptors (Lipinski definition) is 3. The van der Waals surface area contributed by atoms with Crippen molar-refractivity contribution in [3.63, 3.8) is 0 Å². The van der Waals surface area contributed by atoms with E-state index in [4.69, 9.17) is 4.74 Å². The molecule has 3 nitrogen and oxygen atoms in total. The van der Waals surface area contributed by atoms with Gasteiger partial charge in [0.15, 0.2) is 0 Å². The molecule has 0 radical (unpaired) electrons. The lowest BCUT2D eigenvalue weighted by atomic mass is 9.66. The number of halogens is 1. The largest absolute Gasteiger partial charge is 0.474 e. The van der Waals surface area contributed by atoms with E-state index in [-0.39, 0.29) is 11.9 Å². The molecule has 4 heteroatoms. The maximum Gasteiger partial charge on any atom is 0.213 e. The van der Waals surface area contributed by atoms with Crippen molar-refractivity contribution >= 4 is 0 Å². The van der Waals surface area contributed by atoms with Gasteiger partial charge in [0.25, 0.3) is 0 Å². The molecule has 3 aliphatic heterocycles. The van der Waals surface area contributed by atoms with Crippen LogP contribution in [0.4, 0.5) is 4.39 Å². The van der Waals surface area contributed by atoms with Crippen molar-refractivity contribution in [3.8, 4) is 5.88 Å². The summed E-state index contributed by atoms with van der Waals surface area (Å²) in [6, 6.07) is 3.06. The van der Waals surface area contributed by atoms with Gasteiger partial charge in [-0.05, 0) is 24.8 Å². The molecule has 4 bridgehead atoms. The van der Waals surface area contributed by atoms with Crippen LogP contribution in [0.2, 0.25) is 0 Å². The third-order valence-electron chi connectivity index (χ3n) is 4.66. The van der Waals surface area contributed by atoms with Gasteiger partial charge in [0, 0.05) is 37.5 Å². The Morgan fingerprint density at radius 1 is 1.17 bits per heavy atom. The Morgan fingerprint density at radius 3 is 2.56 bits per heavy atom. The molecule has 0 aromatic carbocycles. The zero-order valence-electron chi connectivity index (χ0n) is 10.3. The molecule has 1 aromatic rings. The SMILES string of the molecule is Fc1ccc(OC2[C@@H]3CC4C[C@@H]2CN(C4)C3)nc1. The molecule has 0 spiro atoms. The topological polar surface area (TPSA) is 25.4 Å². The Bertz CT molecular complexity index is 420. The van der Waals surface area contributed by atoms with E-state index in [1.807, 2.05) is 0 Å². The van der Waals surface area contributed by atoms with E-state index >= 15 is 0 Å². The normalized spacial score (nSPS) is 41.1. The number of ether oxygens (including phenoxy) is 1. The summed E-state index contributed by atoms with van der Waals surface area (Å²) in [6.07, 6.45) is 4.10. The lowest BCUT2D eigenvalue weighted by Gasteiger charge is -2.55. The Kier molecular flexibility index (Phi) is 2.34. The molecule has 1 aliphatic carbocycles. The van der Waals surface area contributed by atoms with Crippen molar-refractivity contribution in [1.29, 1.82) is 0 Å². The average Bonchev–Trinajstić information content (AvgIpc) is 2.35. The van der Waals surface area contributed by atoms with Crippen LogP contribution < -0.4 is 4.74 Å². The second kappa shape index (κ2) is 3.92. The van der Waals surface area contributed by atoms with Crippen molar-refractivity contribution in [2.24, 2.45) is 17.8 Å². The predicted molar refractivity (Wildman–Crippen MR) is 64.8 cm³/mol. The van der Waals surface area contributed by atoms with Crippen LogP contribution in [0.15, 0.2) is 18.3 Å². The fourth-order valence-electron chi connectivity index (χ4n) is 4.13. The number of pyridine rings is 1. The monoisotopic (exact) mass is 248 g/mol. The number of nitrogens with zero attached hydrogens (tertiary/aromatic N) is 2. The van der Waals surface area contributed by atoms with Crippen molar-refractivity contribution in [2.45, 2.75) is 18.9 Å². The maximum atomic E-state index is 12.8. The Morgan fingerprint density at radius 2 is 1.94 bits per heavy atom. The Labute approximate surface area is 106 Å². The van der Waals surface area contributed by atoms with Crippen LogP contribution >= 0.6 is 0 Å². The molecular weight excluding hydrogens is 231 g/mol. The summed E-state index contributed by atoms with van der Waals surface area (Å²) >= 11 is 0. The zero-order chi connectivity index (χ0) is 12.1. The summed E-state index contributed by atoms with van der Waals surface area (Å²) in [5, 5.41) is 0. The minimum atomic E-state index is -0.307. The molecule has 0 N–H and O–H groups in total. The standard InChI is InChI=1S/C14H17FN2O/c15-12-1-2-13(16-5-12)18-14-10-3-9-4-11(14)8-17(6-9)7-10/h1-2,5,9-11,14H,3-4,6-8H2/t9?,10-,11-,14?/m1/s1. The Balaban J connectivity index is 1.53. The van der Waals surface area contributed by atoms with Gasteiger partial charge in [0.2, 0.25) is 5.88 Å². The van der Waals surface area contributed by atoms with Crippen LogP contribution in [0.5, 0.6) is 5.88 Å². The second-order valence-electron chi connectivity index (χ2n) is 5.97. The number of rotatable bonds is 2. The molecule has 1 saturated carbocycles. The first kappa shape index (κ1) is 10.7. The minimum Gasteiger partial charge on any atom is -0.474 e. The van der Waals surface area contributed by atoms with E-state index in [2.05, 4.69) is 9.88 Å². The van der Waals surface area contributed by atoms with Crippen LogP contribution in [-0.4, -0.2) is 35.6 Å². The maximum absolute atomic E-state index is 12.8. The lowest BCUT2D eigenvalue weighted by molar-refractivity contribution is -0.0997. The third kappa shape index (κ3) is 1.70. The zero-order valence-corrected chi connectivity index (χ0v) is 10.3. The number of piperidine rings is 3. The molecule has 3 saturated heterocycles. The molecular formula is C14H17FN2O. The molecule has 4 aliphatic rings. The first-order valence-corrected chi connectivity index (χ1v) is 6.78. The predicted octanol–water partition coefficient (Wildman–Crippen LogP) is 1.94. The molecule has 5 rings (SSSR count). The molecule has 18 heavy (non-hydrogen) atoms. The van der Waals surface area contributed by atoms with Gasteiger partial charge in [-0.3, -0.25) is 0 Å². The molecule has 0 amide bonds. The van der Waals surface area contributed by atoms with E-state index in [9.17, 15) is 4.39 Å². The molecule has 0 unspecified atom stereocenters. The summed E-state index contributed by atoms with van der Waals surface area (Å²) in [6.45, 7) is 3.62. The van der Waals surface area contributed by atoms with Gasteiger partial charge in [0.1, 0.15) is 11.9 Å². The summed E-state index contributed by atoms with van der Waals surface area (Å²) < 4.78 is 18.9. The second-order valence-corrected chi connectivity index (χ2v) is 5.97. The molecule has 1 aromatic heterocycles. The van der Waals surface area contributed by atoms with Gasteiger partial charge in [-0.1, -0.05) is 0 Å². The van der Waals surface area contributed by atoms with Gasteiger partial charge < -0.3 is 9.64 Å². The van der Waals surface area contributed by atoms with Crippen LogP contribution in [0.3, 0.4) is 0 Å². The van der Waals surface area contributed by atoms with Gasteiger partial charge in [-0.25, -0.2) is 9.37 Å². The van der Waals surface area contributed by atoms with Crippen molar-refractivity contribution in [3.05, 3.63) is 24.1 Å². The van der Waals surface area contributed by atoms with Crippen LogP contribution in [-0.2, 0) is 0 Å². The highest BCUT2D eigenvalue weighted by Crippen LogP contribution is 2.44. The van der Waals surface area contributed by atoms with Gasteiger partial charge in [-0.15, -0.1) is 0 Å². The van der Waals surface area contributed by atoms with Gasteiger partial charge >= 0.3 is 0 Å². The van der Waals surface area contributed by atoms with Crippen molar-refractivity contribution in [1.82, 2.24) is 9.88 Å². The number of hydrogen-bond donors (Lipinski definition) is 0. The first-order valence-electron chi connectivity index (χ1n) is 6.78. The van der Waals surface area contributed by atoms with Crippen molar-refractivity contribution in [2.75, 3.05) is 19.6 Å². The highest BCUT2D eigenvalue weighted by molar-refractivity contribution is 5.13. The summed E-state index contributed by atoms with van der Waals surface area (Å²) in [7, 11) is 0. The fourth-order valence-corrected chi connectivity index (χ4v) is 4.13. The number of aromatic nitrogens is 1. The summed E-state index contributed by atoms with van der Waals surface area (Å²) in [4.78, 5) is 6.59. The minimum absolute atomic E-state index is 0.288. The fraction of sp³-hybridized carbons (Fsp3) is 0.643. The van der Waals surface area contributed by atoms with Crippen LogP contribution in [0.25, 0.3) is 0 Å². The van der Waals surface area contributed by atoms with E-state index in [1.165, 1.54) is 44.7 Å². The quantitative estimate of drug-likeness (QED) is 0.799. The van der Waals surface area contributed by atoms with Crippen molar-refractivity contribution < 1.29 is 9.13 Å². The van der Waals surface area contributed by atoms with E-state index < -0.39 is 0 Å². The van der Waals surface area contributed by atoms with Gasteiger partial charge in [0.05, 0.1) is 6.20 Å². The lowest BCUT2D eigenvalue weighted by Crippen LogP contribution is -2.61. The first-order chi connectivity index (χ1) is 8.78. The van der Waals surface area contributed by atoms with E-state index in [0.717, 1.165) is 5.92 Å². The van der Waals surface area contributed by atoms with Crippen LogP contribution in [0.1, 0.15) is 12.8 Å². The van der Waals surface area contributed by atoms with E-state index in [1.54, 1.807) is 6.07 Å². The molecule has 96 valence electrons. The summed E-state index contributed by atoms with van der Waals surface area (Å²) in [5.41, 5.74) is 0. The van der Waals surface area contributed by atoms with Gasteiger partial charge in [-0.2, -0.15) is 0 Å². The smallest absolute Gasteiger partial charge is 0.213 e. The van der Waals surface area contributed by atoms with E-state index in [0.29, 0.717) is 17.7 Å². The van der Waals surface area contributed by atoms with Crippen LogP contribution in [0, 0.1) is 23.6 Å².